The number of hydrogen-bond acceptors (Lipinski definition) is 0. The van der Waals surface area contributed by atoms with Gasteiger partial charge in [0.1, 0.15) is 11.6 Å². The molecule has 0 amide bonds. The van der Waals surface area contributed by atoms with E-state index < -0.39 is 28.8 Å². The lowest BCUT2D eigenvalue weighted by Gasteiger charge is -2.14. The molecule has 84 valence electrons. The van der Waals surface area contributed by atoms with E-state index in [1.165, 1.54) is 0 Å². The maximum atomic E-state index is 13.0. The summed E-state index contributed by atoms with van der Waals surface area (Å²) in [6.45, 7) is 0. The van der Waals surface area contributed by atoms with E-state index in [9.17, 15) is 22.0 Å². The summed E-state index contributed by atoms with van der Waals surface area (Å²) in [5, 5.41) is -2.56. The van der Waals surface area contributed by atoms with Crippen LogP contribution in [0.3, 0.4) is 0 Å². The van der Waals surface area contributed by atoms with Gasteiger partial charge in [0.2, 0.25) is 0 Å². The third kappa shape index (κ3) is 2.81. The zero-order valence-corrected chi connectivity index (χ0v) is 9.22. The van der Waals surface area contributed by atoms with Crippen LogP contribution in [0.25, 0.3) is 0 Å². The third-order valence-electron chi connectivity index (χ3n) is 1.60. The Bertz CT molecular complexity index is 376. The molecule has 0 aliphatic heterocycles. The molecule has 0 N–H and O–H groups in total. The first-order chi connectivity index (χ1) is 6.73. The first kappa shape index (κ1) is 12.7. The van der Waals surface area contributed by atoms with Crippen LogP contribution in [-0.2, 0) is 0 Å². The molecule has 0 nitrogen and oxygen atoms in total. The minimum atomic E-state index is -4.82. The molecule has 7 heteroatoms. The normalized spacial score (nSPS) is 14.1. The molecule has 1 unspecified atom stereocenters. The molecule has 0 saturated carbocycles. The molecule has 0 aromatic heterocycles. The molecule has 1 aromatic rings. The largest absolute Gasteiger partial charge is 0.409 e. The van der Waals surface area contributed by atoms with E-state index in [-0.39, 0.29) is 4.47 Å². The molecule has 1 atom stereocenters. The molecule has 0 heterocycles. The smallest absolute Gasteiger partial charge is 0.207 e. The maximum absolute atomic E-state index is 13.0. The quantitative estimate of drug-likeness (QED) is 0.405. The Labute approximate surface area is 95.2 Å². The molecular weight excluding hydrogens is 306 g/mol. The van der Waals surface area contributed by atoms with Crippen LogP contribution in [0.5, 0.6) is 0 Å². The van der Waals surface area contributed by atoms with Gasteiger partial charge in [-0.05, 0) is 28.1 Å². The predicted octanol–water partition coefficient (Wildman–Crippen LogP) is 4.57. The predicted molar refractivity (Wildman–Crippen MR) is 48.7 cm³/mol. The third-order valence-corrected chi connectivity index (χ3v) is 2.69. The van der Waals surface area contributed by atoms with E-state index in [4.69, 9.17) is 11.6 Å². The molecule has 1 rings (SSSR count). The summed E-state index contributed by atoms with van der Waals surface area (Å²) in [7, 11) is 0. The number of rotatable bonds is 1. The van der Waals surface area contributed by atoms with Crippen molar-refractivity contribution in [3.05, 3.63) is 33.8 Å². The summed E-state index contributed by atoms with van der Waals surface area (Å²) < 4.78 is 62.0. The second-order valence-corrected chi connectivity index (χ2v) is 3.98. The Balaban J connectivity index is 3.21. The fourth-order valence-electron chi connectivity index (χ4n) is 0.908. The van der Waals surface area contributed by atoms with E-state index in [1.807, 2.05) is 0 Å². The van der Waals surface area contributed by atoms with Crippen LogP contribution in [0.1, 0.15) is 10.9 Å². The van der Waals surface area contributed by atoms with Crippen molar-refractivity contribution in [1.29, 1.82) is 0 Å². The van der Waals surface area contributed by atoms with Crippen molar-refractivity contribution in [3.8, 4) is 0 Å². The van der Waals surface area contributed by atoms with Gasteiger partial charge < -0.3 is 0 Å². The van der Waals surface area contributed by atoms with Gasteiger partial charge in [0.25, 0.3) is 0 Å². The SMILES string of the molecule is Fc1cc(C(Cl)C(F)(F)F)c(F)cc1Br. The van der Waals surface area contributed by atoms with Crippen molar-refractivity contribution in [1.82, 2.24) is 0 Å². The highest BCUT2D eigenvalue weighted by atomic mass is 79.9. The molecule has 0 spiro atoms. The summed E-state index contributed by atoms with van der Waals surface area (Å²) in [6.07, 6.45) is -4.82. The van der Waals surface area contributed by atoms with Crippen LogP contribution in [0.4, 0.5) is 22.0 Å². The van der Waals surface area contributed by atoms with Crippen molar-refractivity contribution in [2.45, 2.75) is 11.6 Å². The minimum Gasteiger partial charge on any atom is -0.207 e. The van der Waals surface area contributed by atoms with Gasteiger partial charge in [-0.15, -0.1) is 11.6 Å². The van der Waals surface area contributed by atoms with Gasteiger partial charge in [-0.2, -0.15) is 13.2 Å². The Hall–Kier alpha value is -0.360. The van der Waals surface area contributed by atoms with Crippen molar-refractivity contribution in [2.75, 3.05) is 0 Å². The summed E-state index contributed by atoms with van der Waals surface area (Å²) >= 11 is 7.61. The summed E-state index contributed by atoms with van der Waals surface area (Å²) in [5.41, 5.74) is -0.926. The lowest BCUT2D eigenvalue weighted by Crippen LogP contribution is -2.17. The first-order valence-corrected chi connectivity index (χ1v) is 4.81. The number of alkyl halides is 4. The van der Waals surface area contributed by atoms with Gasteiger partial charge in [-0.3, -0.25) is 0 Å². The molecule has 0 aliphatic rings. The van der Waals surface area contributed by atoms with Gasteiger partial charge in [-0.25, -0.2) is 8.78 Å². The highest BCUT2D eigenvalue weighted by molar-refractivity contribution is 9.10. The Morgan fingerprint density at radius 1 is 1.13 bits per heavy atom. The van der Waals surface area contributed by atoms with Crippen LogP contribution < -0.4 is 0 Å². The summed E-state index contributed by atoms with van der Waals surface area (Å²) in [4.78, 5) is 0. The maximum Gasteiger partial charge on any atom is 0.409 e. The molecule has 0 radical (unpaired) electrons. The van der Waals surface area contributed by atoms with E-state index in [1.54, 1.807) is 0 Å². The number of hydrogen-bond donors (Lipinski definition) is 0. The lowest BCUT2D eigenvalue weighted by atomic mass is 10.1. The van der Waals surface area contributed by atoms with Crippen LogP contribution in [-0.4, -0.2) is 6.18 Å². The highest BCUT2D eigenvalue weighted by Gasteiger charge is 2.41. The molecular formula is C8H3BrClF5. The second-order valence-electron chi connectivity index (χ2n) is 2.69. The molecule has 0 bridgehead atoms. The molecule has 0 fully saturated rings. The van der Waals surface area contributed by atoms with Gasteiger partial charge in [0.15, 0.2) is 5.38 Å². The number of benzene rings is 1. The monoisotopic (exact) mass is 308 g/mol. The topological polar surface area (TPSA) is 0 Å². The Kier molecular flexibility index (Phi) is 3.60. The van der Waals surface area contributed by atoms with Crippen molar-refractivity contribution in [3.63, 3.8) is 0 Å². The van der Waals surface area contributed by atoms with E-state index in [0.29, 0.717) is 12.1 Å². The van der Waals surface area contributed by atoms with Gasteiger partial charge in [0.05, 0.1) is 4.47 Å². The van der Waals surface area contributed by atoms with Crippen molar-refractivity contribution >= 4 is 27.5 Å². The lowest BCUT2D eigenvalue weighted by molar-refractivity contribution is -0.132. The van der Waals surface area contributed by atoms with Crippen LogP contribution in [0.2, 0.25) is 0 Å². The molecule has 0 aliphatic carbocycles. The standard InChI is InChI=1S/C8H3BrClF5/c9-4-2-5(11)3(1-6(4)12)7(10)8(13,14)15/h1-2,7H. The Morgan fingerprint density at radius 3 is 2.13 bits per heavy atom. The molecule has 0 saturated heterocycles. The molecule has 15 heavy (non-hydrogen) atoms. The van der Waals surface area contributed by atoms with Crippen LogP contribution in [0, 0.1) is 11.6 Å². The summed E-state index contributed by atoms with van der Waals surface area (Å²) in [5.74, 6) is -2.21. The van der Waals surface area contributed by atoms with Crippen molar-refractivity contribution in [2.24, 2.45) is 0 Å². The van der Waals surface area contributed by atoms with E-state index in [0.717, 1.165) is 0 Å². The zero-order chi connectivity index (χ0) is 11.8. The Morgan fingerprint density at radius 2 is 1.67 bits per heavy atom. The average Bonchev–Trinajstić information content (AvgIpc) is 2.08. The fourth-order valence-corrected chi connectivity index (χ4v) is 1.39. The highest BCUT2D eigenvalue weighted by Crippen LogP contribution is 2.40. The van der Waals surface area contributed by atoms with Gasteiger partial charge in [-0.1, -0.05) is 0 Å². The van der Waals surface area contributed by atoms with Gasteiger partial charge >= 0.3 is 6.18 Å². The minimum absolute atomic E-state index is 0.255. The fraction of sp³-hybridized carbons (Fsp3) is 0.250. The number of halogens is 7. The zero-order valence-electron chi connectivity index (χ0n) is 6.88. The first-order valence-electron chi connectivity index (χ1n) is 3.58. The van der Waals surface area contributed by atoms with E-state index in [2.05, 4.69) is 15.9 Å². The average molecular weight is 309 g/mol. The van der Waals surface area contributed by atoms with Gasteiger partial charge in [0, 0.05) is 5.56 Å². The second kappa shape index (κ2) is 4.25. The molecule has 1 aromatic carbocycles. The summed E-state index contributed by atoms with van der Waals surface area (Å²) in [6, 6.07) is 1.02. The van der Waals surface area contributed by atoms with Crippen LogP contribution in [0.15, 0.2) is 16.6 Å². The van der Waals surface area contributed by atoms with Crippen molar-refractivity contribution < 1.29 is 22.0 Å². The van der Waals surface area contributed by atoms with Crippen LogP contribution >= 0.6 is 27.5 Å². The van der Waals surface area contributed by atoms with E-state index >= 15 is 0 Å².